The summed E-state index contributed by atoms with van der Waals surface area (Å²) in [7, 11) is -0.963. The van der Waals surface area contributed by atoms with Gasteiger partial charge in [-0.1, -0.05) is 0 Å². The summed E-state index contributed by atoms with van der Waals surface area (Å²) >= 11 is 1.52. The highest BCUT2D eigenvalue weighted by atomic mass is 32.2. The summed E-state index contributed by atoms with van der Waals surface area (Å²) in [6.45, 7) is 2.48. The van der Waals surface area contributed by atoms with E-state index in [1.165, 1.54) is 43.7 Å². The van der Waals surface area contributed by atoms with Gasteiger partial charge in [-0.25, -0.2) is 18.2 Å². The van der Waals surface area contributed by atoms with Crippen molar-refractivity contribution in [1.29, 1.82) is 0 Å². The molecule has 3 rings (SSSR count). The number of anilines is 1. The molecule has 0 unspecified atom stereocenters. The molecule has 0 saturated carbocycles. The molecule has 0 radical (unpaired) electrons. The number of sulfonamides is 1. The van der Waals surface area contributed by atoms with Crippen LogP contribution in [-0.4, -0.2) is 57.1 Å². The average molecular weight is 438 g/mol. The predicted molar refractivity (Wildman–Crippen MR) is 111 cm³/mol. The van der Waals surface area contributed by atoms with Crippen molar-refractivity contribution in [3.05, 3.63) is 45.4 Å². The van der Waals surface area contributed by atoms with Crippen molar-refractivity contribution in [2.24, 2.45) is 0 Å². The molecule has 10 heteroatoms. The highest BCUT2D eigenvalue weighted by Crippen LogP contribution is 2.35. The molecule has 0 N–H and O–H groups in total. The van der Waals surface area contributed by atoms with Crippen LogP contribution in [0.25, 0.3) is 0 Å². The molecule has 8 nitrogen and oxygen atoms in total. The van der Waals surface area contributed by atoms with Gasteiger partial charge in [-0.2, -0.15) is 0 Å². The first-order valence-corrected chi connectivity index (χ1v) is 11.7. The van der Waals surface area contributed by atoms with Gasteiger partial charge in [0.1, 0.15) is 5.01 Å². The summed E-state index contributed by atoms with van der Waals surface area (Å²) in [5.41, 5.74) is 1.48. The van der Waals surface area contributed by atoms with Crippen molar-refractivity contribution in [2.45, 2.75) is 25.8 Å². The van der Waals surface area contributed by atoms with Crippen LogP contribution in [0.5, 0.6) is 0 Å². The molecule has 1 aliphatic rings. The molecule has 0 aliphatic carbocycles. The van der Waals surface area contributed by atoms with Crippen LogP contribution >= 0.6 is 11.3 Å². The average Bonchev–Trinajstić information content (AvgIpc) is 3.33. The van der Waals surface area contributed by atoms with Crippen molar-refractivity contribution in [3.8, 4) is 0 Å². The Bertz CT molecular complexity index is 1050. The van der Waals surface area contributed by atoms with E-state index in [1.807, 2.05) is 12.3 Å². The summed E-state index contributed by atoms with van der Waals surface area (Å²) in [6.07, 6.45) is 2.72. The second-order valence-electron chi connectivity index (χ2n) is 6.97. The topological polar surface area (TPSA) is 96.9 Å². The summed E-state index contributed by atoms with van der Waals surface area (Å²) < 4.78 is 29.7. The standard InChI is InChI=1S/C19H23N3O5S2/c1-12-11-28-17(20-12)16-6-5-7-22(16)18(23)13-8-14(19(24)27-3)10-15(9-13)21(2)29(4,25)26/h8-11,16H,5-7H2,1-4H3/t16-/m1/s1. The smallest absolute Gasteiger partial charge is 0.337 e. The van der Waals surface area contributed by atoms with Crippen LogP contribution in [0.3, 0.4) is 0 Å². The lowest BCUT2D eigenvalue weighted by Gasteiger charge is -2.24. The Morgan fingerprint density at radius 2 is 1.97 bits per heavy atom. The van der Waals surface area contributed by atoms with Crippen LogP contribution in [0, 0.1) is 6.92 Å². The molecule has 0 spiro atoms. The monoisotopic (exact) mass is 437 g/mol. The van der Waals surface area contributed by atoms with Gasteiger partial charge in [0, 0.05) is 30.2 Å². The SMILES string of the molecule is COC(=O)c1cc(C(=O)N2CCC[C@@H]2c2nc(C)cs2)cc(N(C)S(C)(=O)=O)c1. The van der Waals surface area contributed by atoms with Crippen LogP contribution in [0.2, 0.25) is 0 Å². The van der Waals surface area contributed by atoms with Crippen molar-refractivity contribution in [3.63, 3.8) is 0 Å². The number of hydrogen-bond donors (Lipinski definition) is 0. The van der Waals surface area contributed by atoms with Crippen molar-refractivity contribution in [1.82, 2.24) is 9.88 Å². The van der Waals surface area contributed by atoms with Gasteiger partial charge in [0.05, 0.1) is 30.7 Å². The fourth-order valence-electron chi connectivity index (χ4n) is 3.30. The van der Waals surface area contributed by atoms with E-state index in [9.17, 15) is 18.0 Å². The second kappa shape index (κ2) is 8.11. The molecule has 1 fully saturated rings. The maximum atomic E-state index is 13.3. The van der Waals surface area contributed by atoms with E-state index in [0.717, 1.165) is 34.1 Å². The zero-order chi connectivity index (χ0) is 21.3. The fourth-order valence-corrected chi connectivity index (χ4v) is 4.73. The molecule has 1 aliphatic heterocycles. The minimum absolute atomic E-state index is 0.115. The molecule has 0 bridgehead atoms. The quantitative estimate of drug-likeness (QED) is 0.667. The first-order chi connectivity index (χ1) is 13.6. The number of benzene rings is 1. The third-order valence-electron chi connectivity index (χ3n) is 4.88. The Morgan fingerprint density at radius 3 is 2.55 bits per heavy atom. The summed E-state index contributed by atoms with van der Waals surface area (Å²) in [5.74, 6) is -0.912. The normalized spacial score (nSPS) is 16.7. The Labute approximate surface area is 174 Å². The van der Waals surface area contributed by atoms with E-state index in [0.29, 0.717) is 6.54 Å². The molecule has 2 aromatic rings. The summed E-state index contributed by atoms with van der Waals surface area (Å²) in [5, 5.41) is 2.83. The Kier molecular flexibility index (Phi) is 5.95. The largest absolute Gasteiger partial charge is 0.465 e. The maximum Gasteiger partial charge on any atom is 0.337 e. The first-order valence-electron chi connectivity index (χ1n) is 9.02. The molecule has 1 saturated heterocycles. The van der Waals surface area contributed by atoms with E-state index >= 15 is 0 Å². The molecule has 2 heterocycles. The highest BCUT2D eigenvalue weighted by Gasteiger charge is 2.33. The third-order valence-corrected chi connectivity index (χ3v) is 7.15. The van der Waals surface area contributed by atoms with E-state index in [-0.39, 0.29) is 28.8 Å². The molecular weight excluding hydrogens is 414 g/mol. The molecular formula is C19H23N3O5S2. The Balaban J connectivity index is 2.02. The van der Waals surface area contributed by atoms with Gasteiger partial charge in [0.2, 0.25) is 10.0 Å². The predicted octanol–water partition coefficient (Wildman–Crippen LogP) is 2.61. The lowest BCUT2D eigenvalue weighted by atomic mass is 10.1. The Hall–Kier alpha value is -2.46. The van der Waals surface area contributed by atoms with E-state index in [1.54, 1.807) is 4.90 Å². The lowest BCUT2D eigenvalue weighted by molar-refractivity contribution is 0.0600. The number of methoxy groups -OCH3 is 1. The Morgan fingerprint density at radius 1 is 1.28 bits per heavy atom. The van der Waals surface area contributed by atoms with Crippen molar-refractivity contribution >= 4 is 38.9 Å². The van der Waals surface area contributed by atoms with Gasteiger partial charge < -0.3 is 9.64 Å². The minimum Gasteiger partial charge on any atom is -0.465 e. The van der Waals surface area contributed by atoms with Crippen LogP contribution in [0.15, 0.2) is 23.6 Å². The number of esters is 1. The summed E-state index contributed by atoms with van der Waals surface area (Å²) in [4.78, 5) is 31.7. The third kappa shape index (κ3) is 4.43. The van der Waals surface area contributed by atoms with Gasteiger partial charge >= 0.3 is 5.97 Å². The van der Waals surface area contributed by atoms with Crippen LogP contribution in [-0.2, 0) is 14.8 Å². The van der Waals surface area contributed by atoms with Gasteiger partial charge in [-0.05, 0) is 38.0 Å². The second-order valence-corrected chi connectivity index (χ2v) is 9.88. The van der Waals surface area contributed by atoms with E-state index < -0.39 is 16.0 Å². The molecule has 1 aromatic heterocycles. The van der Waals surface area contributed by atoms with Crippen molar-refractivity contribution in [2.75, 3.05) is 31.3 Å². The molecule has 1 aromatic carbocycles. The maximum absolute atomic E-state index is 13.3. The number of rotatable bonds is 5. The van der Waals surface area contributed by atoms with Crippen molar-refractivity contribution < 1.29 is 22.7 Å². The minimum atomic E-state index is -3.57. The number of nitrogens with zero attached hydrogens (tertiary/aromatic N) is 3. The van der Waals surface area contributed by atoms with Gasteiger partial charge in [-0.15, -0.1) is 11.3 Å². The lowest BCUT2D eigenvalue weighted by Crippen LogP contribution is -2.31. The molecule has 156 valence electrons. The number of likely N-dealkylation sites (tertiary alicyclic amines) is 1. The summed E-state index contributed by atoms with van der Waals surface area (Å²) in [6, 6.07) is 4.20. The van der Waals surface area contributed by atoms with Gasteiger partial charge in [-0.3, -0.25) is 9.10 Å². The molecule has 29 heavy (non-hydrogen) atoms. The van der Waals surface area contributed by atoms with E-state index in [4.69, 9.17) is 4.74 Å². The number of aryl methyl sites for hydroxylation is 1. The van der Waals surface area contributed by atoms with Gasteiger partial charge in [0.25, 0.3) is 5.91 Å². The van der Waals surface area contributed by atoms with Crippen LogP contribution in [0.4, 0.5) is 5.69 Å². The molecule has 1 amide bonds. The van der Waals surface area contributed by atoms with Crippen LogP contribution in [0.1, 0.15) is 50.3 Å². The molecule has 1 atom stereocenters. The number of amides is 1. The number of carbonyl (C=O) groups is 2. The number of thiazole rings is 1. The zero-order valence-electron chi connectivity index (χ0n) is 16.7. The number of aromatic nitrogens is 1. The first kappa shape index (κ1) is 21.3. The fraction of sp³-hybridized carbons (Fsp3) is 0.421. The zero-order valence-corrected chi connectivity index (χ0v) is 18.3. The number of carbonyl (C=O) groups excluding carboxylic acids is 2. The van der Waals surface area contributed by atoms with Crippen LogP contribution < -0.4 is 4.31 Å². The van der Waals surface area contributed by atoms with Gasteiger partial charge in [0.15, 0.2) is 0 Å². The number of hydrogen-bond acceptors (Lipinski definition) is 7. The van der Waals surface area contributed by atoms with E-state index in [2.05, 4.69) is 4.98 Å². The number of ether oxygens (including phenoxy) is 1. The highest BCUT2D eigenvalue weighted by molar-refractivity contribution is 7.92.